The van der Waals surface area contributed by atoms with E-state index in [9.17, 15) is 14.3 Å². The summed E-state index contributed by atoms with van der Waals surface area (Å²) in [4.78, 5) is 12.3. The van der Waals surface area contributed by atoms with Crippen molar-refractivity contribution in [3.8, 4) is 22.4 Å². The molecule has 0 aliphatic rings. The summed E-state index contributed by atoms with van der Waals surface area (Å²) in [5.41, 5.74) is 2.13. The van der Waals surface area contributed by atoms with Gasteiger partial charge in [0, 0.05) is 11.1 Å². The van der Waals surface area contributed by atoms with Gasteiger partial charge in [0.25, 0.3) is 5.56 Å². The van der Waals surface area contributed by atoms with Crippen molar-refractivity contribution in [3.05, 3.63) is 66.8 Å². The molecule has 0 saturated heterocycles. The lowest BCUT2D eigenvalue weighted by molar-refractivity contribution is 0.208. The van der Waals surface area contributed by atoms with Gasteiger partial charge in [-0.3, -0.25) is 9.36 Å². The molecular formula is C16H10BrClFNO2S. The number of hydrogen-bond acceptors (Lipinski definition) is 3. The average Bonchev–Trinajstić information content (AvgIpc) is 2.96. The van der Waals surface area contributed by atoms with Gasteiger partial charge in [-0.15, -0.1) is 11.3 Å². The first-order valence-corrected chi connectivity index (χ1v) is 8.61. The second-order valence-corrected chi connectivity index (χ2v) is 7.39. The van der Waals surface area contributed by atoms with Gasteiger partial charge in [-0.2, -0.15) is 0 Å². The number of aromatic nitrogens is 1. The zero-order valence-corrected chi connectivity index (χ0v) is 14.8. The molecule has 2 aromatic heterocycles. The number of aliphatic hydroxyl groups excluding tert-OH is 1. The Morgan fingerprint density at radius 2 is 1.91 bits per heavy atom. The third-order valence-corrected chi connectivity index (χ3v) is 5.37. The number of benzene rings is 1. The number of nitrogens with zero attached hydrogens (tertiary/aromatic N) is 1. The summed E-state index contributed by atoms with van der Waals surface area (Å²) < 4.78 is 15.3. The summed E-state index contributed by atoms with van der Waals surface area (Å²) in [5.74, 6) is -0.376. The van der Waals surface area contributed by atoms with E-state index < -0.39 is 12.3 Å². The molecule has 0 amide bonds. The zero-order valence-electron chi connectivity index (χ0n) is 11.6. The lowest BCUT2D eigenvalue weighted by Gasteiger charge is -2.16. The Morgan fingerprint density at radius 1 is 1.22 bits per heavy atom. The number of aliphatic hydroxyl groups is 1. The van der Waals surface area contributed by atoms with Crippen LogP contribution in [-0.4, -0.2) is 9.67 Å². The highest BCUT2D eigenvalue weighted by Gasteiger charge is 2.18. The Kier molecular flexibility index (Phi) is 4.68. The van der Waals surface area contributed by atoms with Gasteiger partial charge in [-0.25, -0.2) is 4.39 Å². The minimum Gasteiger partial charge on any atom is -0.376 e. The molecule has 0 spiro atoms. The fourth-order valence-electron chi connectivity index (χ4n) is 2.38. The first kappa shape index (κ1) is 16.4. The Bertz CT molecular complexity index is 921. The van der Waals surface area contributed by atoms with Crippen molar-refractivity contribution in [1.29, 1.82) is 0 Å². The minimum absolute atomic E-state index is 0.0120. The molecule has 0 aliphatic carbocycles. The fourth-order valence-corrected chi connectivity index (χ4v) is 3.89. The highest BCUT2D eigenvalue weighted by Crippen LogP contribution is 2.39. The number of halogens is 3. The lowest BCUT2D eigenvalue weighted by atomic mass is 10.0. The maximum atomic E-state index is 13.2. The maximum Gasteiger partial charge on any atom is 0.271 e. The van der Waals surface area contributed by atoms with Gasteiger partial charge in [0.15, 0.2) is 0 Å². The van der Waals surface area contributed by atoms with Crippen molar-refractivity contribution in [2.45, 2.75) is 6.73 Å². The average molecular weight is 415 g/mol. The predicted molar refractivity (Wildman–Crippen MR) is 94.3 cm³/mol. The summed E-state index contributed by atoms with van der Waals surface area (Å²) in [5, 5.41) is 11.6. The Labute approximate surface area is 148 Å². The molecule has 3 aromatic rings. The molecule has 0 aliphatic heterocycles. The third-order valence-electron chi connectivity index (χ3n) is 3.41. The quantitative estimate of drug-likeness (QED) is 0.672. The second-order valence-electron chi connectivity index (χ2n) is 4.74. The van der Waals surface area contributed by atoms with Crippen molar-refractivity contribution in [1.82, 2.24) is 4.57 Å². The first-order chi connectivity index (χ1) is 11.0. The van der Waals surface area contributed by atoms with Crippen LogP contribution in [0.15, 0.2) is 50.4 Å². The molecule has 1 aromatic carbocycles. The number of rotatable bonds is 3. The van der Waals surface area contributed by atoms with Crippen molar-refractivity contribution >= 4 is 38.9 Å². The summed E-state index contributed by atoms with van der Waals surface area (Å²) >= 11 is 11.0. The monoisotopic (exact) mass is 413 g/mol. The van der Waals surface area contributed by atoms with E-state index in [0.717, 1.165) is 9.35 Å². The molecular weight excluding hydrogens is 405 g/mol. The molecule has 3 nitrogen and oxygen atoms in total. The van der Waals surface area contributed by atoms with Gasteiger partial charge in [-0.05, 0) is 63.3 Å². The van der Waals surface area contributed by atoms with E-state index >= 15 is 0 Å². The largest absolute Gasteiger partial charge is 0.376 e. The SMILES string of the molecule is O=c1c(Cl)cc(-c2ccsc2Br)c(-c2ccc(F)cc2)n1CO. The normalized spacial score (nSPS) is 11.0. The van der Waals surface area contributed by atoms with Crippen LogP contribution in [0.5, 0.6) is 0 Å². The van der Waals surface area contributed by atoms with Crippen molar-refractivity contribution in [3.63, 3.8) is 0 Å². The molecule has 118 valence electrons. The maximum absolute atomic E-state index is 13.2. The van der Waals surface area contributed by atoms with Crippen LogP contribution in [0.3, 0.4) is 0 Å². The van der Waals surface area contributed by atoms with Crippen LogP contribution in [0.4, 0.5) is 4.39 Å². The highest BCUT2D eigenvalue weighted by atomic mass is 79.9. The van der Waals surface area contributed by atoms with E-state index in [1.165, 1.54) is 28.0 Å². The van der Waals surface area contributed by atoms with Gasteiger partial charge >= 0.3 is 0 Å². The van der Waals surface area contributed by atoms with Crippen LogP contribution < -0.4 is 5.56 Å². The molecule has 7 heteroatoms. The van der Waals surface area contributed by atoms with E-state index in [1.807, 2.05) is 11.4 Å². The van der Waals surface area contributed by atoms with Crippen LogP contribution in [-0.2, 0) is 6.73 Å². The summed E-state index contributed by atoms with van der Waals surface area (Å²) in [6, 6.07) is 9.20. The Balaban J connectivity index is 2.39. The van der Waals surface area contributed by atoms with Crippen LogP contribution in [0.2, 0.25) is 5.02 Å². The second kappa shape index (κ2) is 6.57. The van der Waals surface area contributed by atoms with E-state index in [1.54, 1.807) is 18.2 Å². The van der Waals surface area contributed by atoms with E-state index in [4.69, 9.17) is 11.6 Å². The molecule has 3 rings (SSSR count). The van der Waals surface area contributed by atoms with E-state index in [-0.39, 0.29) is 10.8 Å². The molecule has 0 bridgehead atoms. The molecule has 2 heterocycles. The van der Waals surface area contributed by atoms with Crippen molar-refractivity contribution in [2.75, 3.05) is 0 Å². The molecule has 1 N–H and O–H groups in total. The smallest absolute Gasteiger partial charge is 0.271 e. The highest BCUT2D eigenvalue weighted by molar-refractivity contribution is 9.11. The Morgan fingerprint density at radius 3 is 2.48 bits per heavy atom. The van der Waals surface area contributed by atoms with Gasteiger partial charge in [-0.1, -0.05) is 11.6 Å². The molecule has 0 unspecified atom stereocenters. The van der Waals surface area contributed by atoms with Crippen LogP contribution in [0.25, 0.3) is 22.4 Å². The number of thiophene rings is 1. The third kappa shape index (κ3) is 2.99. The standard InChI is InChI=1S/C16H10BrClFNO2S/c17-15-11(5-6-23-15)12-7-13(18)16(22)20(8-21)14(12)9-1-3-10(19)4-2-9/h1-7,21H,8H2. The van der Waals surface area contributed by atoms with Gasteiger partial charge in [0.1, 0.15) is 17.6 Å². The lowest BCUT2D eigenvalue weighted by Crippen LogP contribution is -2.23. The molecule has 0 saturated carbocycles. The van der Waals surface area contributed by atoms with Gasteiger partial charge < -0.3 is 5.11 Å². The van der Waals surface area contributed by atoms with Crippen LogP contribution >= 0.6 is 38.9 Å². The number of hydrogen-bond donors (Lipinski definition) is 1. The molecule has 0 fully saturated rings. The zero-order chi connectivity index (χ0) is 16.6. The summed E-state index contributed by atoms with van der Waals surface area (Å²) in [6.45, 7) is -0.527. The van der Waals surface area contributed by atoms with E-state index in [2.05, 4.69) is 15.9 Å². The summed E-state index contributed by atoms with van der Waals surface area (Å²) in [7, 11) is 0. The summed E-state index contributed by atoms with van der Waals surface area (Å²) in [6.07, 6.45) is 0. The Hall–Kier alpha value is -1.47. The van der Waals surface area contributed by atoms with Gasteiger partial charge in [0.05, 0.1) is 9.48 Å². The molecule has 0 radical (unpaired) electrons. The van der Waals surface area contributed by atoms with Crippen LogP contribution in [0.1, 0.15) is 0 Å². The fraction of sp³-hybridized carbons (Fsp3) is 0.0625. The number of pyridine rings is 1. The predicted octanol–water partition coefficient (Wildman–Crippen LogP) is 4.75. The topological polar surface area (TPSA) is 42.2 Å². The van der Waals surface area contributed by atoms with E-state index in [0.29, 0.717) is 16.8 Å². The van der Waals surface area contributed by atoms with Crippen LogP contribution in [0, 0.1) is 5.82 Å². The first-order valence-electron chi connectivity index (χ1n) is 6.56. The minimum atomic E-state index is -0.527. The van der Waals surface area contributed by atoms with Gasteiger partial charge in [0.2, 0.25) is 0 Å². The molecule has 0 atom stereocenters. The van der Waals surface area contributed by atoms with Crippen molar-refractivity contribution in [2.24, 2.45) is 0 Å². The molecule has 23 heavy (non-hydrogen) atoms. The van der Waals surface area contributed by atoms with Crippen molar-refractivity contribution < 1.29 is 9.50 Å².